The van der Waals surface area contributed by atoms with E-state index in [-0.39, 0.29) is 15.7 Å². The summed E-state index contributed by atoms with van der Waals surface area (Å²) in [7, 11) is 0. The van der Waals surface area contributed by atoms with Gasteiger partial charge in [0.15, 0.2) is 17.4 Å². The summed E-state index contributed by atoms with van der Waals surface area (Å²) in [6.45, 7) is 4.41. The molecule has 2 aromatic heterocycles. The van der Waals surface area contributed by atoms with Gasteiger partial charge in [0.05, 0.1) is 33.9 Å². The van der Waals surface area contributed by atoms with Crippen LogP contribution in [0.1, 0.15) is 117 Å². The van der Waals surface area contributed by atoms with E-state index >= 15 is 0 Å². The van der Waals surface area contributed by atoms with Crippen LogP contribution in [0, 0.1) is 0 Å². The first kappa shape index (κ1) is 73.5. The second kappa shape index (κ2) is 51.4. The third-order valence-corrected chi connectivity index (χ3v) is 29.8. The number of nitrogens with one attached hydrogen (secondary N) is 1. The minimum atomic E-state index is -0.163. The van der Waals surface area contributed by atoms with E-state index in [0.717, 1.165) is 104 Å². The lowest BCUT2D eigenvalue weighted by Crippen LogP contribution is -2.28. The van der Waals surface area contributed by atoms with Gasteiger partial charge in [-0.25, -0.2) is 5.43 Å². The number of hydrazone groups is 1. The van der Waals surface area contributed by atoms with Gasteiger partial charge in [0.1, 0.15) is 0 Å². The fourth-order valence-electron chi connectivity index (χ4n) is 5.37. The van der Waals surface area contributed by atoms with Gasteiger partial charge in [-0.15, -0.1) is 91.0 Å². The summed E-state index contributed by atoms with van der Waals surface area (Å²) in [5.74, 6) is 12.2. The van der Waals surface area contributed by atoms with Crippen LogP contribution in [0.5, 0.6) is 0 Å². The Morgan fingerprint density at radius 1 is 0.592 bits per heavy atom. The molecule has 3 fully saturated rings. The molecule has 2 aromatic rings. The molecule has 3 aliphatic heterocycles. The van der Waals surface area contributed by atoms with Crippen molar-refractivity contribution < 1.29 is 9.90 Å². The number of aliphatic hydroxyl groups excluding tert-OH is 1. The Kier molecular flexibility index (Phi) is 53.2. The van der Waals surface area contributed by atoms with Crippen molar-refractivity contribution in [2.24, 2.45) is 5.10 Å². The molecule has 4 atom stereocenters. The molecule has 0 radical (unpaired) electrons. The van der Waals surface area contributed by atoms with E-state index in [1.165, 1.54) is 89.9 Å². The van der Waals surface area contributed by atoms with Crippen molar-refractivity contribution in [3.05, 3.63) is 0 Å². The molecule has 0 spiro atoms. The number of rotatable bonds is 31. The molecule has 3 aliphatic rings. The second-order valence-electron chi connectivity index (χ2n) is 15.5. The highest BCUT2D eigenvalue weighted by Crippen LogP contribution is 2.44. The number of nitrogens with zero attached hydrogens (tertiary/aromatic N) is 5. The van der Waals surface area contributed by atoms with Crippen LogP contribution in [0.25, 0.3) is 0 Å². The van der Waals surface area contributed by atoms with E-state index in [9.17, 15) is 4.79 Å². The maximum Gasteiger partial charge on any atom is 0.249 e. The van der Waals surface area contributed by atoms with Gasteiger partial charge in [-0.1, -0.05) is 121 Å². The number of hydrogen-bond acceptors (Lipinski definition) is 27. The van der Waals surface area contributed by atoms with Crippen LogP contribution in [-0.2, 0) is 4.79 Å². The van der Waals surface area contributed by atoms with Gasteiger partial charge in [-0.05, 0) is 82.5 Å². The summed E-state index contributed by atoms with van der Waals surface area (Å²) in [6.07, 6.45) is 19.7. The zero-order valence-electron chi connectivity index (χ0n) is 41.1. The van der Waals surface area contributed by atoms with Gasteiger partial charge in [-0.2, -0.15) is 106 Å². The molecule has 0 aliphatic carbocycles. The lowest BCUT2D eigenvalue weighted by Gasteiger charge is -2.20. The average Bonchev–Trinajstić information content (AvgIpc) is 4.22. The number of thioether (sulfide) groups is 10. The molecule has 0 bridgehead atoms. The van der Waals surface area contributed by atoms with E-state index in [1.54, 1.807) is 22.7 Å². The summed E-state index contributed by atoms with van der Waals surface area (Å²) < 4.78 is 6.47. The van der Waals surface area contributed by atoms with Gasteiger partial charge in [0.2, 0.25) is 5.91 Å². The van der Waals surface area contributed by atoms with Crippen molar-refractivity contribution in [1.29, 1.82) is 0 Å². The number of aliphatic hydroxyl groups is 1. The van der Waals surface area contributed by atoms with Gasteiger partial charge >= 0.3 is 0 Å². The van der Waals surface area contributed by atoms with Crippen LogP contribution < -0.4 is 5.43 Å². The molecule has 0 saturated carbocycles. The predicted molar refractivity (Wildman–Crippen MR) is 370 cm³/mol. The molecular weight excluding hydrogens is 1270 g/mol. The normalized spacial score (nSPS) is 19.3. The monoisotopic (exact) mass is 1350 g/mol. The highest BCUT2D eigenvalue weighted by molar-refractivity contribution is 8.28. The largest absolute Gasteiger partial charge is 0.396 e. The van der Waals surface area contributed by atoms with Crippen molar-refractivity contribution in [2.45, 2.75) is 156 Å². The first-order chi connectivity index (χ1) is 34.4. The maximum absolute atomic E-state index is 10.9. The highest BCUT2D eigenvalue weighted by Gasteiger charge is 2.33. The molecule has 3 saturated heterocycles. The van der Waals surface area contributed by atoms with Crippen LogP contribution in [0.2, 0.25) is 0 Å². The Labute approximate surface area is 524 Å². The molecular formula is C43H80N6O2S20. The molecule has 71 heavy (non-hydrogen) atoms. The lowest BCUT2D eigenvalue weighted by atomic mass is 10.2. The fraction of sp³-hybridized carbons (Fsp3) is 0.860. The van der Waals surface area contributed by atoms with Crippen molar-refractivity contribution >= 4 is 253 Å². The van der Waals surface area contributed by atoms with Gasteiger partial charge in [0.25, 0.3) is 0 Å². The third-order valence-electron chi connectivity index (χ3n) is 9.46. The molecule has 8 nitrogen and oxygen atoms in total. The van der Waals surface area contributed by atoms with Crippen molar-refractivity contribution in [3.8, 4) is 0 Å². The predicted octanol–water partition coefficient (Wildman–Crippen LogP) is 16.0. The number of carbonyl (C=O) groups is 1. The second-order valence-corrected chi connectivity index (χ2v) is 36.6. The Morgan fingerprint density at radius 2 is 0.944 bits per heavy atom. The molecule has 4 unspecified atom stereocenters. The molecule has 0 aromatic carbocycles. The highest BCUT2D eigenvalue weighted by atomic mass is 32.2. The van der Waals surface area contributed by atoms with Crippen molar-refractivity contribution in [3.63, 3.8) is 0 Å². The summed E-state index contributed by atoms with van der Waals surface area (Å²) in [6, 6.07) is 0. The molecule has 1 amide bonds. The summed E-state index contributed by atoms with van der Waals surface area (Å²) in [5.41, 5.74) is 3.44. The number of hydrogen-bond donors (Lipinski definition) is 10. The molecule has 5 rings (SSSR count). The van der Waals surface area contributed by atoms with E-state index in [4.69, 9.17) is 5.11 Å². The lowest BCUT2D eigenvalue weighted by molar-refractivity contribution is -0.118. The third kappa shape index (κ3) is 42.1. The quantitative estimate of drug-likeness (QED) is 0.0116. The molecule has 5 heterocycles. The summed E-state index contributed by atoms with van der Waals surface area (Å²) in [4.78, 5) is 10.9. The number of amides is 1. The standard InChI is InChI=1S/C14H26N2OS4.C14H26N2S5.C8H14N2OS3.C4H8S4.C3H6S4/c2*17-9-5-1-3-7-11-19-13-15-16-14(21-13)20-12-8-4-2-6-10-18;1-6(9-10-7(11)5-12)8(2)13-3-4-14-8;5-3-1-7-4(6)2-8-3;4-2-3(5)7-1-6-2/h2*17-18H,1-12H2;12H,3-5H2,1-2H3,(H,10,11);3-6H,1-2H2;2-5H,1H2/b;;9-6+;;. The number of aromatic nitrogens is 4. The van der Waals surface area contributed by atoms with Crippen LogP contribution >= 0.6 is 241 Å². The Bertz CT molecular complexity index is 1410. The summed E-state index contributed by atoms with van der Waals surface area (Å²) >= 11 is 55.7. The van der Waals surface area contributed by atoms with Crippen molar-refractivity contribution in [1.82, 2.24) is 25.8 Å². The number of thiol groups is 8. The molecule has 28 heteroatoms. The van der Waals surface area contributed by atoms with Gasteiger partial charge < -0.3 is 5.11 Å². The van der Waals surface area contributed by atoms with Crippen LogP contribution in [0.3, 0.4) is 0 Å². The summed E-state index contributed by atoms with van der Waals surface area (Å²) in [5, 5.41) is 31.0. The minimum absolute atomic E-state index is 0.0316. The van der Waals surface area contributed by atoms with Gasteiger partial charge in [0, 0.05) is 57.7 Å². The fourth-order valence-corrected chi connectivity index (χ4v) is 22.1. The SMILES string of the molecule is C/C(=N\NC(=O)CS)C1(C)SCCS1.OCCCCCCSc1nnc(SCCCCCCS)s1.SC1CSC(S)CS1.SC1SCSC1S.SCCCCCCSc1nnc(SCCCCCCS)s1. The van der Waals surface area contributed by atoms with Crippen LogP contribution in [-0.4, -0.2) is 140 Å². The van der Waals surface area contributed by atoms with E-state index < -0.39 is 0 Å². The first-order valence-electron chi connectivity index (χ1n) is 23.9. The zero-order valence-corrected chi connectivity index (χ0v) is 58.0. The molecule has 2 N–H and O–H groups in total. The number of carbonyl (C=O) groups excluding carboxylic acids is 1. The van der Waals surface area contributed by atoms with E-state index in [1.807, 2.05) is 125 Å². The van der Waals surface area contributed by atoms with E-state index in [2.05, 4.69) is 139 Å². The minimum Gasteiger partial charge on any atom is -0.396 e. The van der Waals surface area contributed by atoms with Gasteiger partial charge in [-0.3, -0.25) is 4.79 Å². The zero-order chi connectivity index (χ0) is 52.2. The Morgan fingerprint density at radius 3 is 1.24 bits per heavy atom. The topological polar surface area (TPSA) is 113 Å². The Balaban J connectivity index is 0.000000469. The van der Waals surface area contributed by atoms with E-state index in [0.29, 0.717) is 24.9 Å². The van der Waals surface area contributed by atoms with Crippen LogP contribution in [0.4, 0.5) is 0 Å². The first-order valence-corrected chi connectivity index (χ1v) is 40.3. The average molecular weight is 1350 g/mol. The number of unbranched alkanes of at least 4 members (excludes halogenated alkanes) is 12. The maximum atomic E-state index is 10.9. The van der Waals surface area contributed by atoms with Crippen molar-refractivity contribution in [2.75, 3.05) is 80.7 Å². The molecule has 414 valence electrons. The smallest absolute Gasteiger partial charge is 0.249 e. The van der Waals surface area contributed by atoms with Crippen LogP contribution in [0.15, 0.2) is 22.5 Å². The Hall–Kier alpha value is 4.52.